The van der Waals surface area contributed by atoms with Gasteiger partial charge < -0.3 is 124 Å². The number of rotatable bonds is 25. The molecule has 20 N–H and O–H groups in total. The molecule has 0 bridgehead atoms. The predicted molar refractivity (Wildman–Crippen MR) is 486 cm³/mol. The van der Waals surface area contributed by atoms with Gasteiger partial charge in [0.25, 0.3) is 0 Å². The second kappa shape index (κ2) is 49.3. The molecular formula is C90H122N20O23S. The molecule has 3 aliphatic heterocycles. The number of fused-ring (bicyclic) bond motifs is 4. The number of carbonyl (C=O) groups excluding carboxylic acids is 16. The summed E-state index contributed by atoms with van der Waals surface area (Å²) >= 11 is 0.771. The molecular weight excluding hydrogens is 1760 g/mol. The first-order valence-electron chi connectivity index (χ1n) is 44.6. The molecule has 44 heteroatoms. The normalized spacial score (nSPS) is 24.9. The third-order valence-corrected chi connectivity index (χ3v) is 25.0. The number of nitrogens with one attached hydrogen (secondary N) is 13. The number of benzene rings is 3. The summed E-state index contributed by atoms with van der Waals surface area (Å²) in [6, 6.07) is -3.42. The number of hydrogen-bond donors (Lipinski definition) is 19. The molecule has 134 heavy (non-hydrogen) atoms. The maximum absolute atomic E-state index is 15.7. The molecule has 3 aromatic heterocycles. The Bertz CT molecular complexity index is 5200. The van der Waals surface area contributed by atoms with Crippen LogP contribution in [0.25, 0.3) is 21.8 Å². The highest BCUT2D eigenvalue weighted by Gasteiger charge is 2.47. The van der Waals surface area contributed by atoms with Gasteiger partial charge >= 0.3 is 11.9 Å². The van der Waals surface area contributed by atoms with E-state index in [0.717, 1.165) is 36.3 Å². The van der Waals surface area contributed by atoms with Gasteiger partial charge in [-0.25, -0.2) is 4.98 Å². The van der Waals surface area contributed by atoms with Crippen molar-refractivity contribution in [2.75, 3.05) is 58.9 Å². The number of carboxylic acid groups (broad SMARTS) is 2. The number of carboxylic acids is 2. The van der Waals surface area contributed by atoms with Crippen LogP contribution < -0.4 is 58.9 Å². The minimum atomic E-state index is -1.94. The van der Waals surface area contributed by atoms with Crippen molar-refractivity contribution in [1.82, 2.24) is 97.6 Å². The highest BCUT2D eigenvalue weighted by Crippen LogP contribution is 2.28. The molecule has 6 heterocycles. The predicted octanol–water partition coefficient (Wildman–Crippen LogP) is -1.73. The Hall–Kier alpha value is -13.5. The molecule has 3 fully saturated rings. The van der Waals surface area contributed by atoms with E-state index in [0.29, 0.717) is 64.2 Å². The van der Waals surface area contributed by atoms with Crippen LogP contribution in [0.15, 0.2) is 97.7 Å². The number of phenols is 1. The Labute approximate surface area is 776 Å². The number of aliphatic hydroxyl groups is 2. The average Bonchev–Trinajstić information content (AvgIpc) is 1.37. The van der Waals surface area contributed by atoms with Crippen LogP contribution in [-0.4, -0.2) is 326 Å². The van der Waals surface area contributed by atoms with Crippen molar-refractivity contribution in [1.29, 1.82) is 0 Å². The Morgan fingerprint density at radius 1 is 0.552 bits per heavy atom. The molecule has 9 rings (SSSR count). The number of aromatic amines is 3. The number of amides is 16. The van der Waals surface area contributed by atoms with E-state index in [-0.39, 0.29) is 75.3 Å². The maximum atomic E-state index is 15.7. The fourth-order valence-electron chi connectivity index (χ4n) is 16.5. The van der Waals surface area contributed by atoms with Crippen LogP contribution in [0.5, 0.6) is 5.75 Å². The summed E-state index contributed by atoms with van der Waals surface area (Å²) in [5.74, 6) is -20.4. The smallest absolute Gasteiger partial charge is 0.305 e. The molecule has 15 atom stereocenters. The van der Waals surface area contributed by atoms with Crippen molar-refractivity contribution in [3.05, 3.63) is 120 Å². The van der Waals surface area contributed by atoms with Gasteiger partial charge in [-0.3, -0.25) is 86.3 Å². The number of aliphatic carboxylic acids is 2. The van der Waals surface area contributed by atoms with Crippen LogP contribution in [0, 0.1) is 5.92 Å². The van der Waals surface area contributed by atoms with Crippen molar-refractivity contribution in [2.24, 2.45) is 11.7 Å². The van der Waals surface area contributed by atoms with Crippen LogP contribution in [0.2, 0.25) is 0 Å². The number of phenolic OH excluding ortho intramolecular Hbond substituents is 1. The average molecular weight is 1880 g/mol. The van der Waals surface area contributed by atoms with E-state index in [1.54, 1.807) is 74.8 Å². The summed E-state index contributed by atoms with van der Waals surface area (Å²) < 4.78 is 0. The fourth-order valence-corrected chi connectivity index (χ4v) is 17.4. The number of thioether (sulfide) groups is 1. The van der Waals surface area contributed by atoms with Crippen molar-refractivity contribution >= 4 is 140 Å². The number of aromatic hydroxyl groups is 1. The molecule has 0 aliphatic carbocycles. The van der Waals surface area contributed by atoms with E-state index in [9.17, 15) is 78.3 Å². The lowest BCUT2D eigenvalue weighted by molar-refractivity contribution is -0.149. The zero-order valence-electron chi connectivity index (χ0n) is 76.0. The number of carbonyl (C=O) groups is 18. The molecule has 16 amide bonds. The first-order chi connectivity index (χ1) is 63.8. The number of primary amides is 1. The van der Waals surface area contributed by atoms with Crippen molar-refractivity contribution in [3.8, 4) is 5.75 Å². The van der Waals surface area contributed by atoms with E-state index in [2.05, 4.69) is 73.1 Å². The second-order valence-corrected chi connectivity index (χ2v) is 35.4. The minimum absolute atomic E-state index is 0.00522. The van der Waals surface area contributed by atoms with E-state index in [1.807, 2.05) is 13.8 Å². The third kappa shape index (κ3) is 28.5. The summed E-state index contributed by atoms with van der Waals surface area (Å²) in [7, 11) is 3.87. The number of unbranched alkanes of at least 4 members (excludes halogenated alkanes) is 2. The molecule has 0 radical (unpaired) electrons. The Morgan fingerprint density at radius 2 is 1.08 bits per heavy atom. The largest absolute Gasteiger partial charge is 0.508 e. The van der Waals surface area contributed by atoms with Crippen molar-refractivity contribution in [2.45, 2.75) is 234 Å². The molecule has 43 nitrogen and oxygen atoms in total. The third-order valence-electron chi connectivity index (χ3n) is 24.0. The molecule has 726 valence electrons. The lowest BCUT2D eigenvalue weighted by Crippen LogP contribution is -2.62. The van der Waals surface area contributed by atoms with Crippen LogP contribution >= 0.6 is 11.8 Å². The monoisotopic (exact) mass is 1880 g/mol. The molecule has 6 aromatic rings. The highest BCUT2D eigenvalue weighted by molar-refractivity contribution is 8.00. The van der Waals surface area contributed by atoms with Crippen molar-refractivity contribution < 1.29 is 112 Å². The van der Waals surface area contributed by atoms with Crippen LogP contribution in [0.1, 0.15) is 140 Å². The Balaban J connectivity index is 1.10. The minimum Gasteiger partial charge on any atom is -0.508 e. The second-order valence-electron chi connectivity index (χ2n) is 34.4. The van der Waals surface area contributed by atoms with Crippen LogP contribution in [0.3, 0.4) is 0 Å². The van der Waals surface area contributed by atoms with E-state index in [4.69, 9.17) is 5.73 Å². The zero-order valence-corrected chi connectivity index (χ0v) is 76.8. The number of aromatic nitrogens is 4. The van der Waals surface area contributed by atoms with E-state index in [1.165, 1.54) is 64.9 Å². The standard InChI is InChI=1S/C90H122N20O23S/c1-9-11-22-69-83(126)99-61(32-48(3)4)79(122)105-68(78(121)95-42-73(91)114)45-134-46-74(115)97-64(33-50-25-27-54(112)28-26-50)86(129)106(6)49(5)77(120)102-66(38-76(118)119)89(132)109-31-17-24-70(109)84(127)101-63(36-53-41-92-47-96-53)81(124)98-60(29-30-75(116)117)88(131)110-43-55(113)37-72(110)85(128)100-62(34-51-39-93-58-20-15-13-18-56(51)58)80(123)104-67(44-111)82(125)103-65(35-52-40-94-59-21-16-14-19-57(52)59)87(130)108(8)71(23-12-10-2)90(133)107(69)7/h13-16,18-21,25-28,39-41,47-49,55,60-72,93-94,111-113H,9-12,17,22-24,29-38,42-46H2,1-8H3,(H2,91,114)(H,92,96)(H,95,121)(H,97,115)(H,98,124)(H,99,126)(H,100,128)(H,101,127)(H,102,120)(H,103,125)(H,104,123)(H,105,122)(H,116,117)(H,118,119)/t49-,55+,60-,61-,62-,63-,64-,65-,66-,67-,68-,69-,70-,71-,72-/m0/s1. The molecule has 0 unspecified atom stereocenters. The Morgan fingerprint density at radius 3 is 1.67 bits per heavy atom. The molecule has 3 saturated heterocycles. The topological polar surface area (TPSA) is 631 Å². The van der Waals surface area contributed by atoms with Gasteiger partial charge in [-0.2, -0.15) is 0 Å². The van der Waals surface area contributed by atoms with Gasteiger partial charge in [-0.15, -0.1) is 11.8 Å². The van der Waals surface area contributed by atoms with Gasteiger partial charge in [0.2, 0.25) is 94.5 Å². The number of para-hydroxylation sites is 2. The van der Waals surface area contributed by atoms with Gasteiger partial charge in [0.1, 0.15) is 90.3 Å². The highest BCUT2D eigenvalue weighted by atomic mass is 32.2. The quantitative estimate of drug-likeness (QED) is 0.0303. The maximum Gasteiger partial charge on any atom is 0.305 e. The van der Waals surface area contributed by atoms with Gasteiger partial charge in [-0.05, 0) is 92.3 Å². The number of H-pyrrole nitrogens is 3. The van der Waals surface area contributed by atoms with E-state index >= 15 is 33.6 Å². The lowest BCUT2D eigenvalue weighted by Gasteiger charge is -2.36. The van der Waals surface area contributed by atoms with Gasteiger partial charge in [0.05, 0.1) is 37.8 Å². The molecule has 3 aromatic carbocycles. The van der Waals surface area contributed by atoms with Gasteiger partial charge in [-0.1, -0.05) is 102 Å². The number of imidazole rings is 1. The zero-order chi connectivity index (χ0) is 97.9. The lowest BCUT2D eigenvalue weighted by atomic mass is 9.99. The number of aliphatic hydroxyl groups excluding tert-OH is 2. The number of nitrogens with two attached hydrogens (primary N) is 1. The summed E-state index contributed by atoms with van der Waals surface area (Å²) in [4.78, 5) is 280. The first-order valence-corrected chi connectivity index (χ1v) is 45.8. The molecule has 0 saturated carbocycles. The summed E-state index contributed by atoms with van der Waals surface area (Å²) in [5.41, 5.74) is 8.17. The summed E-state index contributed by atoms with van der Waals surface area (Å²) in [5, 5.41) is 80.2. The molecule has 3 aliphatic rings. The number of hydrogen-bond acceptors (Lipinski definition) is 23. The van der Waals surface area contributed by atoms with Gasteiger partial charge in [0.15, 0.2) is 0 Å². The number of nitrogens with zero attached hydrogens (tertiary/aromatic N) is 6. The summed E-state index contributed by atoms with van der Waals surface area (Å²) in [6.07, 6.45) is 1.43. The fraction of sp³-hybridized carbons (Fsp3) is 0.522. The van der Waals surface area contributed by atoms with Crippen LogP contribution in [-0.2, 0) is 112 Å². The SMILES string of the molecule is CCCC[C@H]1C(=O)N(C)[C@@H](CCCC)C(=O)N[C@@H](CC(C)C)C(=O)N[C@H](C(=O)NCC(N)=O)CSCC(=O)N[C@@H](Cc2ccc(O)cc2)C(=O)N(C)[C@@H](C)C(=O)N[C@@H](CC(=O)O)C(=O)N2CCC[C@H]2C(=O)N[C@@H](Cc2cnc[nH]2)C(=O)N[C@@H](CCC(=O)O)C(=O)N2C[C@H](O)C[C@H]2C(=O)N[C@@H](Cc2c[nH]c3ccccc23)C(=O)N[C@@H](CO)C(=O)N[C@@H](Cc2c[nH]c3ccccc23)C(=O)N1C. The van der Waals surface area contributed by atoms with Crippen molar-refractivity contribution in [3.63, 3.8) is 0 Å². The Kier molecular flexibility index (Phi) is 38.3. The first kappa shape index (κ1) is 104. The van der Waals surface area contributed by atoms with Gasteiger partial charge in [0, 0.05) is 125 Å². The summed E-state index contributed by atoms with van der Waals surface area (Å²) in [6.45, 7) is 5.74. The number of likely N-dealkylation sites (N-methyl/N-ethyl adjacent to an activating group) is 3. The van der Waals surface area contributed by atoms with Crippen LogP contribution in [0.4, 0.5) is 0 Å². The molecule has 0 spiro atoms. The van der Waals surface area contributed by atoms with E-state index < -0.39 is 260 Å².